The summed E-state index contributed by atoms with van der Waals surface area (Å²) in [4.78, 5) is 2.19. The van der Waals surface area contributed by atoms with E-state index in [1.807, 2.05) is 0 Å². The van der Waals surface area contributed by atoms with Crippen LogP contribution >= 0.6 is 11.6 Å². The molecule has 0 bridgehead atoms. The molecule has 0 saturated heterocycles. The molecule has 0 rings (SSSR count). The van der Waals surface area contributed by atoms with Crippen LogP contribution in [0.1, 0.15) is 19.8 Å². The summed E-state index contributed by atoms with van der Waals surface area (Å²) in [5, 5.41) is 3.45. The Balaban J connectivity index is 3.27. The van der Waals surface area contributed by atoms with Gasteiger partial charge in [0, 0.05) is 19.0 Å². The van der Waals surface area contributed by atoms with Gasteiger partial charge in [0.05, 0.1) is 0 Å². The van der Waals surface area contributed by atoms with Gasteiger partial charge in [-0.15, -0.1) is 11.6 Å². The summed E-state index contributed by atoms with van der Waals surface area (Å²) in [7, 11) is 4.19. The molecule has 0 saturated carbocycles. The molecule has 13 heavy (non-hydrogen) atoms. The normalized spacial score (nSPS) is 13.6. The van der Waals surface area contributed by atoms with Gasteiger partial charge in [-0.05, 0) is 33.0 Å². The van der Waals surface area contributed by atoms with Gasteiger partial charge in [0.15, 0.2) is 0 Å². The van der Waals surface area contributed by atoms with Gasteiger partial charge < -0.3 is 10.2 Å². The van der Waals surface area contributed by atoms with Crippen molar-refractivity contribution in [1.82, 2.24) is 10.2 Å². The SMILES string of the molecule is CCC(CCCl)CNCCN(C)C. The van der Waals surface area contributed by atoms with E-state index in [9.17, 15) is 0 Å². The molecule has 1 unspecified atom stereocenters. The van der Waals surface area contributed by atoms with Crippen molar-refractivity contribution in [2.75, 3.05) is 39.6 Å². The molecular formula is C10H23ClN2. The fraction of sp³-hybridized carbons (Fsp3) is 1.00. The predicted molar refractivity (Wildman–Crippen MR) is 60.5 cm³/mol. The van der Waals surface area contributed by atoms with Crippen LogP contribution in [-0.2, 0) is 0 Å². The summed E-state index contributed by atoms with van der Waals surface area (Å²) < 4.78 is 0. The van der Waals surface area contributed by atoms with Crippen LogP contribution in [0.25, 0.3) is 0 Å². The van der Waals surface area contributed by atoms with Crippen molar-refractivity contribution >= 4 is 11.6 Å². The quantitative estimate of drug-likeness (QED) is 0.481. The van der Waals surface area contributed by atoms with Crippen LogP contribution in [-0.4, -0.2) is 44.5 Å². The first-order valence-corrected chi connectivity index (χ1v) is 5.65. The Kier molecular flexibility index (Phi) is 8.93. The van der Waals surface area contributed by atoms with Gasteiger partial charge in [-0.1, -0.05) is 13.3 Å². The largest absolute Gasteiger partial charge is 0.315 e. The maximum absolute atomic E-state index is 5.70. The van der Waals surface area contributed by atoms with E-state index in [0.29, 0.717) is 0 Å². The van der Waals surface area contributed by atoms with E-state index in [1.165, 1.54) is 6.42 Å². The highest BCUT2D eigenvalue weighted by Gasteiger charge is 2.03. The lowest BCUT2D eigenvalue weighted by molar-refractivity contribution is 0.380. The van der Waals surface area contributed by atoms with E-state index in [1.54, 1.807) is 0 Å². The minimum absolute atomic E-state index is 0.750. The summed E-state index contributed by atoms with van der Waals surface area (Å²) in [6.07, 6.45) is 2.36. The number of likely N-dealkylation sites (N-methyl/N-ethyl adjacent to an activating group) is 1. The molecule has 0 aromatic heterocycles. The number of rotatable bonds is 8. The molecule has 1 atom stereocenters. The molecular weight excluding hydrogens is 184 g/mol. The second-order valence-corrected chi connectivity index (χ2v) is 4.14. The lowest BCUT2D eigenvalue weighted by Gasteiger charge is -2.15. The van der Waals surface area contributed by atoms with Crippen LogP contribution in [0.3, 0.4) is 0 Å². The minimum Gasteiger partial charge on any atom is -0.315 e. The summed E-state index contributed by atoms with van der Waals surface area (Å²) in [6, 6.07) is 0. The molecule has 0 aromatic rings. The molecule has 0 amide bonds. The Bertz CT molecular complexity index is 107. The highest BCUT2D eigenvalue weighted by Crippen LogP contribution is 2.07. The fourth-order valence-corrected chi connectivity index (χ4v) is 1.52. The van der Waals surface area contributed by atoms with Gasteiger partial charge in [0.25, 0.3) is 0 Å². The van der Waals surface area contributed by atoms with Crippen LogP contribution in [0.5, 0.6) is 0 Å². The van der Waals surface area contributed by atoms with Gasteiger partial charge in [-0.3, -0.25) is 0 Å². The first kappa shape index (κ1) is 13.2. The second-order valence-electron chi connectivity index (χ2n) is 3.76. The maximum Gasteiger partial charge on any atom is 0.0226 e. The van der Waals surface area contributed by atoms with Crippen LogP contribution in [0.4, 0.5) is 0 Å². The average molecular weight is 207 g/mol. The average Bonchev–Trinajstić information content (AvgIpc) is 2.10. The molecule has 1 N–H and O–H groups in total. The van der Waals surface area contributed by atoms with E-state index >= 15 is 0 Å². The van der Waals surface area contributed by atoms with Crippen molar-refractivity contribution in [1.29, 1.82) is 0 Å². The zero-order valence-electron chi connectivity index (χ0n) is 9.15. The Morgan fingerprint density at radius 3 is 2.54 bits per heavy atom. The van der Waals surface area contributed by atoms with E-state index in [2.05, 4.69) is 31.2 Å². The predicted octanol–water partition coefficient (Wildman–Crippen LogP) is 1.79. The van der Waals surface area contributed by atoms with Crippen molar-refractivity contribution < 1.29 is 0 Å². The number of hydrogen-bond donors (Lipinski definition) is 1. The molecule has 0 fully saturated rings. The molecule has 0 aliphatic rings. The third-order valence-electron chi connectivity index (χ3n) is 2.26. The topological polar surface area (TPSA) is 15.3 Å². The van der Waals surface area contributed by atoms with Gasteiger partial charge in [-0.25, -0.2) is 0 Å². The minimum atomic E-state index is 0.750. The Hall–Kier alpha value is 0.210. The van der Waals surface area contributed by atoms with Crippen molar-refractivity contribution in [2.45, 2.75) is 19.8 Å². The molecule has 0 aliphatic heterocycles. The lowest BCUT2D eigenvalue weighted by Crippen LogP contribution is -2.30. The number of nitrogens with zero attached hydrogens (tertiary/aromatic N) is 1. The molecule has 0 aromatic carbocycles. The van der Waals surface area contributed by atoms with Gasteiger partial charge in [0.1, 0.15) is 0 Å². The van der Waals surface area contributed by atoms with Crippen molar-refractivity contribution in [2.24, 2.45) is 5.92 Å². The zero-order chi connectivity index (χ0) is 10.1. The smallest absolute Gasteiger partial charge is 0.0226 e. The van der Waals surface area contributed by atoms with Crippen molar-refractivity contribution in [3.05, 3.63) is 0 Å². The van der Waals surface area contributed by atoms with Crippen LogP contribution in [0.15, 0.2) is 0 Å². The number of hydrogen-bond acceptors (Lipinski definition) is 2. The standard InChI is InChI=1S/C10H23ClN2/c1-4-10(5-6-11)9-12-7-8-13(2)3/h10,12H,4-9H2,1-3H3. The zero-order valence-corrected chi connectivity index (χ0v) is 9.90. The Morgan fingerprint density at radius 2 is 2.08 bits per heavy atom. The third-order valence-corrected chi connectivity index (χ3v) is 2.48. The number of nitrogens with one attached hydrogen (secondary N) is 1. The summed E-state index contributed by atoms with van der Waals surface area (Å²) in [5.41, 5.74) is 0. The molecule has 0 heterocycles. The Labute approximate surface area is 87.6 Å². The molecule has 0 radical (unpaired) electrons. The molecule has 2 nitrogen and oxygen atoms in total. The van der Waals surface area contributed by atoms with E-state index in [4.69, 9.17) is 11.6 Å². The first-order chi connectivity index (χ1) is 6.20. The van der Waals surface area contributed by atoms with Gasteiger partial charge >= 0.3 is 0 Å². The summed E-state index contributed by atoms with van der Waals surface area (Å²) in [6.45, 7) is 5.52. The molecule has 0 aliphatic carbocycles. The van der Waals surface area contributed by atoms with Crippen molar-refractivity contribution in [3.8, 4) is 0 Å². The van der Waals surface area contributed by atoms with E-state index in [0.717, 1.165) is 37.9 Å². The van der Waals surface area contributed by atoms with Crippen LogP contribution in [0, 0.1) is 5.92 Å². The first-order valence-electron chi connectivity index (χ1n) is 5.12. The summed E-state index contributed by atoms with van der Waals surface area (Å²) >= 11 is 5.70. The monoisotopic (exact) mass is 206 g/mol. The number of alkyl halides is 1. The molecule has 0 spiro atoms. The fourth-order valence-electron chi connectivity index (χ4n) is 1.21. The maximum atomic E-state index is 5.70. The molecule has 80 valence electrons. The second kappa shape index (κ2) is 8.79. The number of halogens is 1. The Morgan fingerprint density at radius 1 is 1.38 bits per heavy atom. The lowest BCUT2D eigenvalue weighted by atomic mass is 10.0. The van der Waals surface area contributed by atoms with Gasteiger partial charge in [0.2, 0.25) is 0 Å². The van der Waals surface area contributed by atoms with E-state index in [-0.39, 0.29) is 0 Å². The van der Waals surface area contributed by atoms with Crippen LogP contribution < -0.4 is 5.32 Å². The summed E-state index contributed by atoms with van der Waals surface area (Å²) in [5.74, 6) is 1.54. The highest BCUT2D eigenvalue weighted by atomic mass is 35.5. The third kappa shape index (κ3) is 8.54. The van der Waals surface area contributed by atoms with Crippen LogP contribution in [0.2, 0.25) is 0 Å². The van der Waals surface area contributed by atoms with E-state index < -0.39 is 0 Å². The molecule has 3 heteroatoms. The van der Waals surface area contributed by atoms with Gasteiger partial charge in [-0.2, -0.15) is 0 Å². The van der Waals surface area contributed by atoms with Crippen molar-refractivity contribution in [3.63, 3.8) is 0 Å². The highest BCUT2D eigenvalue weighted by molar-refractivity contribution is 6.17.